The number of aromatic nitrogens is 1. The highest BCUT2D eigenvalue weighted by molar-refractivity contribution is 5.16. The van der Waals surface area contributed by atoms with Crippen LogP contribution < -0.4 is 10.9 Å². The van der Waals surface area contributed by atoms with Crippen LogP contribution in [0.4, 0.5) is 0 Å². The molecule has 1 heterocycles. The molecule has 1 saturated carbocycles. The largest absolute Gasteiger partial charge is 0.310 e. The lowest BCUT2D eigenvalue weighted by Gasteiger charge is -2.26. The van der Waals surface area contributed by atoms with Gasteiger partial charge in [0.2, 0.25) is 0 Å². The lowest BCUT2D eigenvalue weighted by molar-refractivity contribution is 0.340. The van der Waals surface area contributed by atoms with Crippen LogP contribution in [0.2, 0.25) is 0 Å². The number of hydrogen-bond acceptors (Lipinski definition) is 2. The van der Waals surface area contributed by atoms with Crippen LogP contribution in [0.25, 0.3) is 0 Å². The van der Waals surface area contributed by atoms with E-state index in [0.717, 1.165) is 30.5 Å². The maximum atomic E-state index is 12.7. The molecule has 0 radical (unpaired) electrons. The summed E-state index contributed by atoms with van der Waals surface area (Å²) in [6.45, 7) is 7.06. The van der Waals surface area contributed by atoms with E-state index in [-0.39, 0.29) is 5.56 Å². The molecular weight excluding hydrogens is 248 g/mol. The Hall–Kier alpha value is -1.09. The molecule has 2 rings (SSSR count). The van der Waals surface area contributed by atoms with Gasteiger partial charge in [-0.25, -0.2) is 0 Å². The van der Waals surface area contributed by atoms with Crippen molar-refractivity contribution in [2.75, 3.05) is 0 Å². The van der Waals surface area contributed by atoms with Gasteiger partial charge in [-0.2, -0.15) is 0 Å². The Labute approximate surface area is 122 Å². The molecule has 20 heavy (non-hydrogen) atoms. The fraction of sp³-hybridized carbons (Fsp3) is 0.706. The van der Waals surface area contributed by atoms with E-state index >= 15 is 0 Å². The van der Waals surface area contributed by atoms with Crippen LogP contribution in [0.15, 0.2) is 16.9 Å². The molecule has 1 N–H and O–H groups in total. The van der Waals surface area contributed by atoms with Crippen molar-refractivity contribution < 1.29 is 0 Å². The van der Waals surface area contributed by atoms with Crippen molar-refractivity contribution in [1.82, 2.24) is 9.88 Å². The van der Waals surface area contributed by atoms with Gasteiger partial charge in [-0.3, -0.25) is 4.79 Å². The molecule has 0 bridgehead atoms. The van der Waals surface area contributed by atoms with Crippen LogP contribution in [-0.4, -0.2) is 10.6 Å². The van der Waals surface area contributed by atoms with Crippen LogP contribution in [0.5, 0.6) is 0 Å². The molecule has 0 amide bonds. The fourth-order valence-electron chi connectivity index (χ4n) is 3.04. The van der Waals surface area contributed by atoms with Crippen molar-refractivity contribution in [2.24, 2.45) is 0 Å². The number of hydrogen-bond donors (Lipinski definition) is 1. The molecule has 3 nitrogen and oxygen atoms in total. The molecule has 1 fully saturated rings. The van der Waals surface area contributed by atoms with Gasteiger partial charge in [-0.15, -0.1) is 0 Å². The minimum atomic E-state index is 0.215. The quantitative estimate of drug-likeness (QED) is 0.892. The van der Waals surface area contributed by atoms with E-state index in [9.17, 15) is 4.79 Å². The lowest BCUT2D eigenvalue weighted by Crippen LogP contribution is -2.34. The van der Waals surface area contributed by atoms with Crippen LogP contribution in [0.3, 0.4) is 0 Å². The normalized spacial score (nSPS) is 18.1. The third kappa shape index (κ3) is 3.51. The molecule has 0 spiro atoms. The second-order valence-corrected chi connectivity index (χ2v) is 6.16. The maximum Gasteiger partial charge on any atom is 0.255 e. The minimum Gasteiger partial charge on any atom is -0.310 e. The zero-order valence-electron chi connectivity index (χ0n) is 13.1. The van der Waals surface area contributed by atoms with Crippen molar-refractivity contribution in [3.63, 3.8) is 0 Å². The van der Waals surface area contributed by atoms with E-state index in [4.69, 9.17) is 0 Å². The first kappa shape index (κ1) is 15.3. The van der Waals surface area contributed by atoms with Gasteiger partial charge in [0.15, 0.2) is 0 Å². The van der Waals surface area contributed by atoms with Crippen molar-refractivity contribution >= 4 is 0 Å². The zero-order valence-corrected chi connectivity index (χ0v) is 13.1. The number of aryl methyl sites for hydroxylation is 1. The summed E-state index contributed by atoms with van der Waals surface area (Å²) in [7, 11) is 0. The highest BCUT2D eigenvalue weighted by atomic mass is 16.1. The van der Waals surface area contributed by atoms with Gasteiger partial charge in [0.1, 0.15) is 0 Å². The second-order valence-electron chi connectivity index (χ2n) is 6.16. The number of nitrogens with zero attached hydrogens (tertiary/aromatic N) is 1. The second kappa shape index (κ2) is 7.07. The van der Waals surface area contributed by atoms with E-state index in [1.54, 1.807) is 0 Å². The van der Waals surface area contributed by atoms with Gasteiger partial charge in [0.05, 0.1) is 0 Å². The van der Waals surface area contributed by atoms with E-state index in [2.05, 4.69) is 32.2 Å². The maximum absolute atomic E-state index is 12.7. The Morgan fingerprint density at radius 3 is 2.65 bits per heavy atom. The summed E-state index contributed by atoms with van der Waals surface area (Å²) in [6.07, 6.45) is 7.23. The zero-order chi connectivity index (χ0) is 14.5. The van der Waals surface area contributed by atoms with Crippen LogP contribution in [0, 0.1) is 6.92 Å². The summed E-state index contributed by atoms with van der Waals surface area (Å²) in [4.78, 5) is 12.7. The minimum absolute atomic E-state index is 0.215. The first-order valence-electron chi connectivity index (χ1n) is 8.08. The lowest BCUT2D eigenvalue weighted by atomic mass is 9.94. The third-order valence-electron chi connectivity index (χ3n) is 4.59. The predicted molar refractivity (Wildman–Crippen MR) is 84.2 cm³/mol. The molecule has 0 saturated heterocycles. The molecule has 3 heteroatoms. The number of rotatable bonds is 5. The smallest absolute Gasteiger partial charge is 0.255 e. The van der Waals surface area contributed by atoms with Crippen molar-refractivity contribution in [3.8, 4) is 0 Å². The van der Waals surface area contributed by atoms with Crippen LogP contribution in [0.1, 0.15) is 69.7 Å². The highest BCUT2D eigenvalue weighted by Gasteiger charge is 2.19. The van der Waals surface area contributed by atoms with E-state index < -0.39 is 0 Å². The summed E-state index contributed by atoms with van der Waals surface area (Å²) in [5.74, 6) is 0. The summed E-state index contributed by atoms with van der Waals surface area (Å²) < 4.78 is 2.05. The molecule has 112 valence electrons. The topological polar surface area (TPSA) is 34.0 Å². The fourth-order valence-corrected chi connectivity index (χ4v) is 3.04. The summed E-state index contributed by atoms with van der Waals surface area (Å²) in [5, 5.41) is 3.43. The molecule has 1 atom stereocenters. The monoisotopic (exact) mass is 276 g/mol. The first-order valence-corrected chi connectivity index (χ1v) is 8.08. The molecule has 1 aromatic rings. The Bertz CT molecular complexity index is 486. The molecule has 1 unspecified atom stereocenters. The summed E-state index contributed by atoms with van der Waals surface area (Å²) in [6, 6.07) is 4.97. The highest BCUT2D eigenvalue weighted by Crippen LogP contribution is 2.27. The average Bonchev–Trinajstić information content (AvgIpc) is 2.47. The van der Waals surface area contributed by atoms with Gasteiger partial charge in [-0.05, 0) is 39.2 Å². The molecular formula is C17H28N2O. The number of nitrogens with one attached hydrogen (secondary N) is 1. The molecule has 1 aliphatic carbocycles. The Morgan fingerprint density at radius 2 is 2.00 bits per heavy atom. The van der Waals surface area contributed by atoms with Crippen molar-refractivity contribution in [2.45, 2.75) is 77.9 Å². The van der Waals surface area contributed by atoms with Crippen LogP contribution >= 0.6 is 0 Å². The van der Waals surface area contributed by atoms with E-state index in [0.29, 0.717) is 18.6 Å². The van der Waals surface area contributed by atoms with E-state index in [1.807, 2.05) is 10.6 Å². The average molecular weight is 276 g/mol. The van der Waals surface area contributed by atoms with Crippen molar-refractivity contribution in [3.05, 3.63) is 33.7 Å². The standard InChI is InChI=1S/C17H28N2O/c1-4-13(2)18-12-15-11-10-14(3)19(17(15)20)16-8-6-5-7-9-16/h10-11,13,16,18H,4-9,12H2,1-3H3. The van der Waals surface area contributed by atoms with Crippen molar-refractivity contribution in [1.29, 1.82) is 0 Å². The third-order valence-corrected chi connectivity index (χ3v) is 4.59. The molecule has 1 aliphatic rings. The SMILES string of the molecule is CCC(C)NCc1ccc(C)n(C2CCCCC2)c1=O. The Balaban J connectivity index is 2.20. The van der Waals surface area contributed by atoms with Gasteiger partial charge >= 0.3 is 0 Å². The Kier molecular flexibility index (Phi) is 5.41. The Morgan fingerprint density at radius 1 is 1.30 bits per heavy atom. The predicted octanol–water partition coefficient (Wildman–Crippen LogP) is 3.55. The molecule has 1 aromatic heterocycles. The molecule has 0 aromatic carbocycles. The first-order chi connectivity index (χ1) is 9.63. The summed E-state index contributed by atoms with van der Waals surface area (Å²) in [5.41, 5.74) is 2.23. The van der Waals surface area contributed by atoms with Gasteiger partial charge < -0.3 is 9.88 Å². The summed E-state index contributed by atoms with van der Waals surface area (Å²) >= 11 is 0. The van der Waals surface area contributed by atoms with E-state index in [1.165, 1.54) is 19.3 Å². The molecule has 0 aliphatic heterocycles. The van der Waals surface area contributed by atoms with Gasteiger partial charge in [-0.1, -0.05) is 32.3 Å². The number of pyridine rings is 1. The van der Waals surface area contributed by atoms with Gasteiger partial charge in [0.25, 0.3) is 5.56 Å². The van der Waals surface area contributed by atoms with Crippen LogP contribution in [-0.2, 0) is 6.54 Å². The van der Waals surface area contributed by atoms with Gasteiger partial charge in [0, 0.05) is 29.9 Å².